The van der Waals surface area contributed by atoms with Gasteiger partial charge in [-0.05, 0) is 57.0 Å². The maximum Gasteiger partial charge on any atom is 0.309 e. The Morgan fingerprint density at radius 1 is 1.25 bits per heavy atom. The lowest BCUT2D eigenvalue weighted by molar-refractivity contribution is -0.139. The Morgan fingerprint density at radius 3 is 2.75 bits per heavy atom. The number of hydrogen-bond acceptors (Lipinski definition) is 5. The number of carbonyl (C=O) groups excluding carboxylic acids is 2. The average molecular weight is 389 g/mol. The van der Waals surface area contributed by atoms with E-state index in [-0.39, 0.29) is 12.1 Å². The molecule has 0 saturated carbocycles. The second-order valence-electron chi connectivity index (χ2n) is 7.95. The van der Waals surface area contributed by atoms with E-state index in [4.69, 9.17) is 4.74 Å². The quantitative estimate of drug-likeness (QED) is 0.714. The molecule has 28 heavy (non-hydrogen) atoms. The lowest BCUT2D eigenvalue weighted by atomic mass is 9.96. The van der Waals surface area contributed by atoms with Crippen molar-refractivity contribution < 1.29 is 14.3 Å². The molecule has 1 fully saturated rings. The summed E-state index contributed by atoms with van der Waals surface area (Å²) in [5, 5.41) is 5.45. The van der Waals surface area contributed by atoms with Crippen molar-refractivity contribution in [3.8, 4) is 0 Å². The molecule has 2 aliphatic rings. The Kier molecular flexibility index (Phi) is 6.91. The van der Waals surface area contributed by atoms with Gasteiger partial charge >= 0.3 is 11.8 Å². The Bertz CT molecular complexity index is 701. The number of aryl methyl sites for hydroxylation is 1. The predicted octanol–water partition coefficient (Wildman–Crippen LogP) is 1.08. The molecule has 7 nitrogen and oxygen atoms in total. The summed E-state index contributed by atoms with van der Waals surface area (Å²) < 4.78 is 5.47. The molecule has 0 spiro atoms. The Labute approximate surface area is 167 Å². The molecule has 2 heterocycles. The van der Waals surface area contributed by atoms with Crippen molar-refractivity contribution in [1.29, 1.82) is 0 Å². The smallest absolute Gasteiger partial charge is 0.309 e. The minimum Gasteiger partial charge on any atom is -0.376 e. The van der Waals surface area contributed by atoms with Gasteiger partial charge in [0.2, 0.25) is 0 Å². The van der Waals surface area contributed by atoms with Crippen LogP contribution >= 0.6 is 0 Å². The van der Waals surface area contributed by atoms with Gasteiger partial charge in [0.15, 0.2) is 0 Å². The fourth-order valence-electron chi connectivity index (χ4n) is 3.97. The number of amides is 2. The zero-order valence-corrected chi connectivity index (χ0v) is 17.2. The van der Waals surface area contributed by atoms with Gasteiger partial charge in [-0.25, -0.2) is 0 Å². The Balaban J connectivity index is 1.57. The highest BCUT2D eigenvalue weighted by molar-refractivity contribution is 6.35. The van der Waals surface area contributed by atoms with Gasteiger partial charge < -0.3 is 25.2 Å². The molecule has 2 aliphatic heterocycles. The summed E-state index contributed by atoms with van der Waals surface area (Å²) in [5.41, 5.74) is 3.78. The van der Waals surface area contributed by atoms with Gasteiger partial charge in [0.05, 0.1) is 12.1 Å². The predicted molar refractivity (Wildman–Crippen MR) is 109 cm³/mol. The summed E-state index contributed by atoms with van der Waals surface area (Å²) in [5.74, 6) is -1.19. The van der Waals surface area contributed by atoms with Gasteiger partial charge in [0.1, 0.15) is 0 Å². The van der Waals surface area contributed by atoms with E-state index in [0.717, 1.165) is 44.4 Å². The highest BCUT2D eigenvalue weighted by Gasteiger charge is 2.22. The van der Waals surface area contributed by atoms with Gasteiger partial charge in [0.25, 0.3) is 0 Å². The van der Waals surface area contributed by atoms with E-state index in [2.05, 4.69) is 45.7 Å². The molecule has 0 unspecified atom stereocenters. The molecule has 1 aromatic rings. The first-order valence-corrected chi connectivity index (χ1v) is 10.1. The number of nitrogens with one attached hydrogen (secondary N) is 2. The van der Waals surface area contributed by atoms with E-state index in [9.17, 15) is 9.59 Å². The van der Waals surface area contributed by atoms with E-state index in [1.54, 1.807) is 0 Å². The van der Waals surface area contributed by atoms with Crippen LogP contribution in [-0.2, 0) is 20.7 Å². The third kappa shape index (κ3) is 5.02. The lowest BCUT2D eigenvalue weighted by Crippen LogP contribution is -2.44. The van der Waals surface area contributed by atoms with Gasteiger partial charge in [0, 0.05) is 39.0 Å². The van der Waals surface area contributed by atoms with E-state index in [1.807, 2.05) is 14.1 Å². The molecule has 1 saturated heterocycles. The van der Waals surface area contributed by atoms with Crippen LogP contribution in [-0.4, -0.2) is 70.2 Å². The molecule has 7 heteroatoms. The van der Waals surface area contributed by atoms with E-state index in [1.165, 1.54) is 11.3 Å². The van der Waals surface area contributed by atoms with E-state index in [0.29, 0.717) is 13.1 Å². The molecule has 1 aromatic carbocycles. The molecular weight excluding hydrogens is 356 g/mol. The molecule has 0 radical (unpaired) electrons. The van der Waals surface area contributed by atoms with Crippen LogP contribution in [0.25, 0.3) is 0 Å². The van der Waals surface area contributed by atoms with Crippen molar-refractivity contribution in [2.75, 3.05) is 52.3 Å². The van der Waals surface area contributed by atoms with Gasteiger partial charge in [-0.2, -0.15) is 0 Å². The number of likely N-dealkylation sites (N-methyl/N-ethyl adjacent to an activating group) is 1. The first kappa shape index (κ1) is 20.6. The third-order valence-electron chi connectivity index (χ3n) is 5.64. The number of fused-ring (bicyclic) bond motifs is 1. The van der Waals surface area contributed by atoms with Crippen LogP contribution in [0.5, 0.6) is 0 Å². The third-order valence-corrected chi connectivity index (χ3v) is 5.64. The SMILES string of the molecule is CN1CCCc2cc([C@@H](CNC(=O)C(=O)NC[C@@H]3CCCO3)N(C)C)ccc21. The summed E-state index contributed by atoms with van der Waals surface area (Å²) >= 11 is 0. The second kappa shape index (κ2) is 9.39. The number of nitrogens with zero attached hydrogens (tertiary/aromatic N) is 2. The van der Waals surface area contributed by atoms with E-state index >= 15 is 0 Å². The summed E-state index contributed by atoms with van der Waals surface area (Å²) in [6.45, 7) is 2.59. The zero-order chi connectivity index (χ0) is 20.1. The van der Waals surface area contributed by atoms with Crippen LogP contribution in [0.3, 0.4) is 0 Å². The van der Waals surface area contributed by atoms with Gasteiger partial charge in [-0.3, -0.25) is 9.59 Å². The van der Waals surface area contributed by atoms with Crippen LogP contribution in [0.1, 0.15) is 36.4 Å². The molecule has 3 rings (SSSR count). The average Bonchev–Trinajstić information content (AvgIpc) is 3.19. The van der Waals surface area contributed by atoms with E-state index < -0.39 is 11.8 Å². The van der Waals surface area contributed by atoms with Crippen LogP contribution in [0.4, 0.5) is 5.69 Å². The van der Waals surface area contributed by atoms with Crippen molar-refractivity contribution in [3.05, 3.63) is 29.3 Å². The monoisotopic (exact) mass is 388 g/mol. The summed E-state index contributed by atoms with van der Waals surface area (Å²) in [7, 11) is 6.09. The summed E-state index contributed by atoms with van der Waals surface area (Å²) in [6.07, 6.45) is 4.19. The minimum atomic E-state index is -0.597. The largest absolute Gasteiger partial charge is 0.376 e. The molecule has 0 aromatic heterocycles. The second-order valence-corrected chi connectivity index (χ2v) is 7.95. The fraction of sp³-hybridized carbons (Fsp3) is 0.619. The highest BCUT2D eigenvalue weighted by atomic mass is 16.5. The van der Waals surface area contributed by atoms with Crippen LogP contribution in [0.2, 0.25) is 0 Å². The molecular formula is C21H32N4O3. The van der Waals surface area contributed by atoms with Gasteiger partial charge in [-0.1, -0.05) is 12.1 Å². The van der Waals surface area contributed by atoms with Crippen molar-refractivity contribution in [3.63, 3.8) is 0 Å². The number of carbonyl (C=O) groups is 2. The zero-order valence-electron chi connectivity index (χ0n) is 17.2. The molecule has 2 N–H and O–H groups in total. The lowest BCUT2D eigenvalue weighted by Gasteiger charge is -2.30. The first-order valence-electron chi connectivity index (χ1n) is 10.1. The maximum absolute atomic E-state index is 12.2. The number of benzene rings is 1. The fourth-order valence-corrected chi connectivity index (χ4v) is 3.97. The van der Waals surface area contributed by atoms with Crippen LogP contribution in [0, 0.1) is 0 Å². The van der Waals surface area contributed by atoms with Crippen molar-refractivity contribution in [1.82, 2.24) is 15.5 Å². The number of rotatable bonds is 6. The Morgan fingerprint density at radius 2 is 2.04 bits per heavy atom. The Hall–Kier alpha value is -2.12. The van der Waals surface area contributed by atoms with Gasteiger partial charge in [-0.15, -0.1) is 0 Å². The summed E-state index contributed by atoms with van der Waals surface area (Å²) in [6, 6.07) is 6.53. The molecule has 0 bridgehead atoms. The summed E-state index contributed by atoms with van der Waals surface area (Å²) in [4.78, 5) is 28.6. The molecule has 2 atom stereocenters. The topological polar surface area (TPSA) is 73.9 Å². The number of anilines is 1. The normalized spacial score (nSPS) is 20.0. The van der Waals surface area contributed by atoms with Crippen LogP contribution < -0.4 is 15.5 Å². The first-order chi connectivity index (χ1) is 13.5. The highest BCUT2D eigenvalue weighted by Crippen LogP contribution is 2.29. The molecule has 2 amide bonds. The maximum atomic E-state index is 12.2. The molecule has 154 valence electrons. The minimum absolute atomic E-state index is 0.00690. The van der Waals surface area contributed by atoms with Crippen LogP contribution in [0.15, 0.2) is 18.2 Å². The standard InChI is InChI=1S/C21H32N4O3/c1-24(2)19(16-8-9-18-15(12-16)6-4-10-25(18)3)14-23-21(27)20(26)22-13-17-7-5-11-28-17/h8-9,12,17,19H,4-7,10-11,13-14H2,1-3H3,(H,22,26)(H,23,27)/t17-,19+/m0/s1. The van der Waals surface area contributed by atoms with Crippen molar-refractivity contribution in [2.45, 2.75) is 37.8 Å². The van der Waals surface area contributed by atoms with Crippen molar-refractivity contribution in [2.24, 2.45) is 0 Å². The molecule has 0 aliphatic carbocycles. The number of hydrogen-bond donors (Lipinski definition) is 2. The van der Waals surface area contributed by atoms with Crippen molar-refractivity contribution >= 4 is 17.5 Å². The number of ether oxygens (including phenoxy) is 1.